The smallest absolute Gasteiger partial charge is 0.161 e. The maximum Gasteiger partial charge on any atom is 0.161 e. The van der Waals surface area contributed by atoms with Crippen LogP contribution in [0.5, 0.6) is 11.5 Å². The van der Waals surface area contributed by atoms with Gasteiger partial charge in [0.05, 0.1) is 12.1 Å². The summed E-state index contributed by atoms with van der Waals surface area (Å²) in [6.07, 6.45) is 2.16. The summed E-state index contributed by atoms with van der Waals surface area (Å²) >= 11 is 6.08. The number of ether oxygens (including phenoxy) is 2. The Morgan fingerprint density at radius 3 is 2.45 bits per heavy atom. The van der Waals surface area contributed by atoms with Crippen LogP contribution in [-0.2, 0) is 13.2 Å². The summed E-state index contributed by atoms with van der Waals surface area (Å²) < 4.78 is 25.3. The molecule has 0 aromatic heterocycles. The van der Waals surface area contributed by atoms with Gasteiger partial charge >= 0.3 is 0 Å². The first-order valence-corrected chi connectivity index (χ1v) is 10.5. The molecule has 3 rings (SSSR count). The van der Waals surface area contributed by atoms with Crippen LogP contribution in [0.3, 0.4) is 0 Å². The molecule has 0 fully saturated rings. The molecule has 0 spiro atoms. The molecule has 0 aliphatic rings. The zero-order chi connectivity index (χ0) is 21.3. The number of halogens is 3. The van der Waals surface area contributed by atoms with Gasteiger partial charge in [0.2, 0.25) is 0 Å². The Labute approximate surface area is 194 Å². The van der Waals surface area contributed by atoms with E-state index in [1.54, 1.807) is 19.2 Å². The van der Waals surface area contributed by atoms with Crippen molar-refractivity contribution in [3.63, 3.8) is 0 Å². The van der Waals surface area contributed by atoms with Crippen LogP contribution >= 0.6 is 24.0 Å². The van der Waals surface area contributed by atoms with Gasteiger partial charge in [-0.1, -0.05) is 67.4 Å². The third kappa shape index (κ3) is 6.86. The second-order valence-electron chi connectivity index (χ2n) is 7.11. The van der Waals surface area contributed by atoms with E-state index in [4.69, 9.17) is 21.1 Å². The molecular weight excluding hydrogens is 436 g/mol. The molecule has 3 aromatic carbocycles. The van der Waals surface area contributed by atoms with Gasteiger partial charge in [-0.2, -0.15) is 0 Å². The van der Waals surface area contributed by atoms with Crippen LogP contribution in [0.1, 0.15) is 42.5 Å². The molecule has 6 heteroatoms. The first-order chi connectivity index (χ1) is 14.6. The highest BCUT2D eigenvalue weighted by Crippen LogP contribution is 2.30. The third-order valence-electron chi connectivity index (χ3n) is 4.99. The van der Waals surface area contributed by atoms with Gasteiger partial charge in [0.1, 0.15) is 12.4 Å². The van der Waals surface area contributed by atoms with Crippen molar-refractivity contribution in [2.45, 2.75) is 39.0 Å². The van der Waals surface area contributed by atoms with Crippen molar-refractivity contribution in [3.05, 3.63) is 94.3 Å². The zero-order valence-electron chi connectivity index (χ0n) is 17.7. The van der Waals surface area contributed by atoms with Crippen LogP contribution in [-0.4, -0.2) is 7.11 Å². The molecule has 1 unspecified atom stereocenters. The van der Waals surface area contributed by atoms with Crippen molar-refractivity contribution < 1.29 is 13.9 Å². The Bertz CT molecular complexity index is 933. The fraction of sp³-hybridized carbons (Fsp3) is 0.280. The van der Waals surface area contributed by atoms with Gasteiger partial charge in [-0.15, -0.1) is 12.4 Å². The SMILES string of the molecule is CCCC(NCc1ccc(OCc2c(F)cccc2Cl)c(OC)c1)c1ccccc1.Cl. The Hall–Kier alpha value is -2.27. The lowest BCUT2D eigenvalue weighted by Gasteiger charge is -2.19. The number of hydrogen-bond donors (Lipinski definition) is 1. The van der Waals surface area contributed by atoms with Gasteiger partial charge in [-0.3, -0.25) is 0 Å². The van der Waals surface area contributed by atoms with Crippen LogP contribution in [0.4, 0.5) is 4.39 Å². The number of nitrogens with one attached hydrogen (secondary N) is 1. The molecular formula is C25H28Cl2FNO2. The predicted octanol–water partition coefficient (Wildman–Crippen LogP) is 7.12. The van der Waals surface area contributed by atoms with E-state index in [1.165, 1.54) is 11.6 Å². The van der Waals surface area contributed by atoms with Crippen molar-refractivity contribution in [2.75, 3.05) is 7.11 Å². The maximum atomic E-state index is 14.0. The van der Waals surface area contributed by atoms with Crippen LogP contribution in [0.15, 0.2) is 66.7 Å². The lowest BCUT2D eigenvalue weighted by atomic mass is 10.0. The number of rotatable bonds is 10. The van der Waals surface area contributed by atoms with Gasteiger partial charge < -0.3 is 14.8 Å². The van der Waals surface area contributed by atoms with E-state index in [1.807, 2.05) is 24.3 Å². The molecule has 0 heterocycles. The first-order valence-electron chi connectivity index (χ1n) is 10.1. The summed E-state index contributed by atoms with van der Waals surface area (Å²) in [4.78, 5) is 0. The lowest BCUT2D eigenvalue weighted by Crippen LogP contribution is -2.20. The van der Waals surface area contributed by atoms with Crippen LogP contribution in [0.2, 0.25) is 5.02 Å². The molecule has 1 N–H and O–H groups in total. The van der Waals surface area contributed by atoms with Gasteiger partial charge in [-0.05, 0) is 41.8 Å². The number of methoxy groups -OCH3 is 1. The first kappa shape index (κ1) is 25.0. The van der Waals surface area contributed by atoms with E-state index in [0.717, 1.165) is 18.4 Å². The predicted molar refractivity (Wildman–Crippen MR) is 127 cm³/mol. The van der Waals surface area contributed by atoms with Gasteiger partial charge in [0.15, 0.2) is 11.5 Å². The van der Waals surface area contributed by atoms with Crippen molar-refractivity contribution >= 4 is 24.0 Å². The topological polar surface area (TPSA) is 30.5 Å². The largest absolute Gasteiger partial charge is 0.493 e. The normalized spacial score (nSPS) is 11.5. The third-order valence-corrected chi connectivity index (χ3v) is 5.35. The van der Waals surface area contributed by atoms with Crippen molar-refractivity contribution in [1.29, 1.82) is 0 Å². The molecule has 0 saturated carbocycles. The zero-order valence-corrected chi connectivity index (χ0v) is 19.3. The standard InChI is InChI=1S/C25H27ClFNO2.ClH/c1-3-8-23(19-9-5-4-6-10-19)28-16-18-13-14-24(25(15-18)29-2)30-17-20-21(26)11-7-12-22(20)27;/h4-7,9-15,23,28H,3,8,16-17H2,1-2H3;1H. The van der Waals surface area contributed by atoms with Crippen LogP contribution in [0, 0.1) is 5.82 Å². The van der Waals surface area contributed by atoms with Crippen LogP contribution < -0.4 is 14.8 Å². The fourth-order valence-electron chi connectivity index (χ4n) is 3.36. The Morgan fingerprint density at radius 2 is 1.77 bits per heavy atom. The van der Waals surface area contributed by atoms with E-state index >= 15 is 0 Å². The highest BCUT2D eigenvalue weighted by molar-refractivity contribution is 6.31. The van der Waals surface area contributed by atoms with Crippen LogP contribution in [0.25, 0.3) is 0 Å². The summed E-state index contributed by atoms with van der Waals surface area (Å²) in [5.74, 6) is 0.771. The quantitative estimate of drug-likeness (QED) is 0.347. The Morgan fingerprint density at radius 1 is 1.00 bits per heavy atom. The molecule has 0 bridgehead atoms. The van der Waals surface area contributed by atoms with E-state index in [-0.39, 0.29) is 24.8 Å². The molecule has 166 valence electrons. The second kappa shape index (κ2) is 12.6. The monoisotopic (exact) mass is 463 g/mol. The summed E-state index contributed by atoms with van der Waals surface area (Å²) in [7, 11) is 1.60. The number of hydrogen-bond acceptors (Lipinski definition) is 3. The van der Waals surface area contributed by atoms with E-state index in [9.17, 15) is 4.39 Å². The summed E-state index contributed by atoms with van der Waals surface area (Å²) in [5.41, 5.74) is 2.70. The molecule has 31 heavy (non-hydrogen) atoms. The Kier molecular flexibility index (Phi) is 10.1. The minimum Gasteiger partial charge on any atom is -0.493 e. The van der Waals surface area contributed by atoms with E-state index in [0.29, 0.717) is 34.7 Å². The average Bonchev–Trinajstić information content (AvgIpc) is 2.77. The molecule has 3 nitrogen and oxygen atoms in total. The minimum absolute atomic E-state index is 0. The van der Waals surface area contributed by atoms with Gasteiger partial charge in [-0.25, -0.2) is 4.39 Å². The Balaban J connectivity index is 0.00000341. The molecule has 0 radical (unpaired) electrons. The van der Waals surface area contributed by atoms with Crippen molar-refractivity contribution in [3.8, 4) is 11.5 Å². The molecule has 0 aliphatic carbocycles. The van der Waals surface area contributed by atoms with E-state index < -0.39 is 0 Å². The average molecular weight is 464 g/mol. The highest BCUT2D eigenvalue weighted by Gasteiger charge is 2.13. The number of benzene rings is 3. The summed E-state index contributed by atoms with van der Waals surface area (Å²) in [6.45, 7) is 2.93. The van der Waals surface area contributed by atoms with E-state index in [2.05, 4.69) is 36.5 Å². The summed E-state index contributed by atoms with van der Waals surface area (Å²) in [6, 6.07) is 21.1. The maximum absolute atomic E-state index is 14.0. The second-order valence-corrected chi connectivity index (χ2v) is 7.51. The highest BCUT2D eigenvalue weighted by atomic mass is 35.5. The molecule has 3 aromatic rings. The van der Waals surface area contributed by atoms with Gasteiger partial charge in [0.25, 0.3) is 0 Å². The molecule has 0 amide bonds. The minimum atomic E-state index is -0.384. The molecule has 0 saturated heterocycles. The molecule has 0 aliphatic heterocycles. The summed E-state index contributed by atoms with van der Waals surface area (Å²) in [5, 5.41) is 3.98. The van der Waals surface area contributed by atoms with Gasteiger partial charge in [0, 0.05) is 18.2 Å². The van der Waals surface area contributed by atoms with Crippen molar-refractivity contribution in [1.82, 2.24) is 5.32 Å². The van der Waals surface area contributed by atoms with Crippen molar-refractivity contribution in [2.24, 2.45) is 0 Å². The molecule has 1 atom stereocenters. The fourth-order valence-corrected chi connectivity index (χ4v) is 3.58. The lowest BCUT2D eigenvalue weighted by molar-refractivity contribution is 0.279.